The van der Waals surface area contributed by atoms with Gasteiger partial charge in [-0.05, 0) is 43.6 Å². The summed E-state index contributed by atoms with van der Waals surface area (Å²) in [7, 11) is 5.99. The Morgan fingerprint density at radius 2 is 0.917 bits per heavy atom. The molecule has 5 aromatic rings. The number of aromatic nitrogens is 10. The van der Waals surface area contributed by atoms with Crippen LogP contribution in [0, 0.1) is 44.2 Å². The number of nitrogen functional groups attached to an aromatic ring is 1. The third kappa shape index (κ3) is 13.8. The minimum absolute atomic E-state index is 0.0856. The third-order valence-corrected chi connectivity index (χ3v) is 6.27. The Morgan fingerprint density at radius 1 is 0.550 bits per heavy atom. The van der Waals surface area contributed by atoms with Gasteiger partial charge in [-0.25, -0.2) is 39.7 Å². The summed E-state index contributed by atoms with van der Waals surface area (Å²) in [6.07, 6.45) is 6.48. The van der Waals surface area contributed by atoms with Crippen LogP contribution in [0.25, 0.3) is 0 Å². The summed E-state index contributed by atoms with van der Waals surface area (Å²) in [4.78, 5) is 97.8. The first-order chi connectivity index (χ1) is 28.0. The predicted molar refractivity (Wildman–Crippen MR) is 195 cm³/mol. The molecule has 60 heavy (non-hydrogen) atoms. The number of rotatable bonds is 6. The second kappa shape index (κ2) is 22.4. The molecule has 0 aliphatic carbocycles. The zero-order chi connectivity index (χ0) is 46.0. The molecule has 0 fully saturated rings. The maximum atomic E-state index is 11.4. The van der Waals surface area contributed by atoms with Crippen molar-refractivity contribution in [2.45, 2.75) is 13.8 Å². The van der Waals surface area contributed by atoms with Crippen molar-refractivity contribution in [1.29, 1.82) is 0 Å². The molecule has 0 aliphatic heterocycles. The van der Waals surface area contributed by atoms with Gasteiger partial charge in [-0.15, -0.1) is 0 Å². The van der Waals surface area contributed by atoms with Gasteiger partial charge in [0.2, 0.25) is 41.9 Å². The SMILES string of the molecule is CN(C)C(=O)c1ncnc(N)c1O.CN(C)C(=O)c1ncnc([N+](=O)[O-])c1O.Cc1ncnc([N+](=O)[O-])c1O.Cc1ncncc1O.O=C(O)c1ncnc([N+](=O)[O-])c1O. The summed E-state index contributed by atoms with van der Waals surface area (Å²) in [5, 5.41) is 84.5. The summed E-state index contributed by atoms with van der Waals surface area (Å²) >= 11 is 0. The van der Waals surface area contributed by atoms with Crippen LogP contribution < -0.4 is 5.73 Å². The van der Waals surface area contributed by atoms with Crippen molar-refractivity contribution in [3.63, 3.8) is 0 Å². The molecule has 0 saturated carbocycles. The lowest BCUT2D eigenvalue weighted by Crippen LogP contribution is -2.23. The van der Waals surface area contributed by atoms with Crippen LogP contribution in [0.5, 0.6) is 28.7 Å². The molecule has 0 aromatic carbocycles. The van der Waals surface area contributed by atoms with E-state index >= 15 is 0 Å². The maximum Gasteiger partial charge on any atom is 0.410 e. The lowest BCUT2D eigenvalue weighted by atomic mass is 10.3. The molecule has 2 amide bonds. The molecular formula is C29H32N16O15. The van der Waals surface area contributed by atoms with Crippen molar-refractivity contribution in [2.75, 3.05) is 33.9 Å². The van der Waals surface area contributed by atoms with E-state index < -0.39 is 72.9 Å². The number of carboxylic acids is 1. The summed E-state index contributed by atoms with van der Waals surface area (Å²) in [6.45, 7) is 3.18. The van der Waals surface area contributed by atoms with Gasteiger partial charge < -0.3 is 76.5 Å². The molecule has 31 heteroatoms. The van der Waals surface area contributed by atoms with E-state index in [-0.39, 0.29) is 34.4 Å². The van der Waals surface area contributed by atoms with Gasteiger partial charge in [0.05, 0.1) is 17.6 Å². The molecule has 0 saturated heterocycles. The smallest absolute Gasteiger partial charge is 0.410 e. The lowest BCUT2D eigenvalue weighted by molar-refractivity contribution is -0.390. The van der Waals surface area contributed by atoms with Gasteiger partial charge in [0, 0.05) is 28.2 Å². The van der Waals surface area contributed by atoms with E-state index in [0.717, 1.165) is 23.9 Å². The molecule has 5 aromatic heterocycles. The predicted octanol–water partition coefficient (Wildman–Crippen LogP) is -0.0636. The monoisotopic (exact) mass is 844 g/mol. The molecule has 8 N–H and O–H groups in total. The van der Waals surface area contributed by atoms with Gasteiger partial charge in [0.1, 0.15) is 12.7 Å². The lowest BCUT2D eigenvalue weighted by Gasteiger charge is -2.10. The van der Waals surface area contributed by atoms with Crippen LogP contribution in [-0.2, 0) is 0 Å². The highest BCUT2D eigenvalue weighted by atomic mass is 16.6. The number of carbonyl (C=O) groups excluding carboxylic acids is 2. The molecule has 0 radical (unpaired) electrons. The Hall–Kier alpha value is -9.19. The summed E-state index contributed by atoms with van der Waals surface area (Å²) in [6, 6.07) is 0. The van der Waals surface area contributed by atoms with Gasteiger partial charge in [-0.1, -0.05) is 0 Å². The van der Waals surface area contributed by atoms with Crippen LogP contribution in [0.3, 0.4) is 0 Å². The first kappa shape index (κ1) is 48.8. The van der Waals surface area contributed by atoms with Crippen molar-refractivity contribution < 1.29 is 59.8 Å². The van der Waals surface area contributed by atoms with E-state index in [2.05, 4.69) is 49.8 Å². The molecule has 318 valence electrons. The van der Waals surface area contributed by atoms with E-state index in [1.165, 1.54) is 38.4 Å². The quantitative estimate of drug-likeness (QED) is 0.0869. The molecule has 31 nitrogen and oxygen atoms in total. The van der Waals surface area contributed by atoms with Gasteiger partial charge in [-0.3, -0.25) is 9.59 Å². The standard InChI is InChI=1S/C7H8N4O4.C7H10N4O2.C5H3N3O5.C5H5N3O3.C5H6N2O/c1-10(2)7(13)4-5(12)6(11(14)15)9-3-8-4;1-11(2)7(13)4-5(12)6(8)10-3-9-4;9-3-2(5(10)11)6-1-7-4(3)8(12)13;1-3-4(9)5(8(10)11)7-2-6-3;1-4-5(8)2-6-3-7-4/h3,12H,1-2H3;3,12H,1-2H3,(H2,8,9,10);1,9H,(H,10,11);2,9H,1H3;2-3,8H,1H3. The number of nitro groups is 3. The van der Waals surface area contributed by atoms with Gasteiger partial charge in [0.25, 0.3) is 11.8 Å². The summed E-state index contributed by atoms with van der Waals surface area (Å²) in [5.74, 6) is -7.51. The van der Waals surface area contributed by atoms with Crippen LogP contribution in [-0.4, -0.2) is 151 Å². The summed E-state index contributed by atoms with van der Waals surface area (Å²) in [5.41, 5.74) is 4.84. The van der Waals surface area contributed by atoms with Crippen molar-refractivity contribution >= 4 is 41.1 Å². The minimum atomic E-state index is -1.55. The molecule has 0 aliphatic rings. The number of aromatic hydroxyl groups is 5. The van der Waals surface area contributed by atoms with E-state index in [0.29, 0.717) is 12.0 Å². The second-order valence-corrected chi connectivity index (χ2v) is 10.8. The summed E-state index contributed by atoms with van der Waals surface area (Å²) < 4.78 is 0. The topological polar surface area (TPSA) is 463 Å². The van der Waals surface area contributed by atoms with Crippen LogP contribution in [0.2, 0.25) is 0 Å². The zero-order valence-electron chi connectivity index (χ0n) is 31.6. The Balaban J connectivity index is 0.000000379. The number of aromatic carboxylic acids is 1. The zero-order valence-corrected chi connectivity index (χ0v) is 31.6. The molecule has 0 atom stereocenters. The number of hydrogen-bond acceptors (Lipinski definition) is 25. The van der Waals surface area contributed by atoms with E-state index in [1.807, 2.05) is 0 Å². The molecule has 0 bridgehead atoms. The molecule has 0 spiro atoms. The fourth-order valence-electron chi connectivity index (χ4n) is 3.26. The van der Waals surface area contributed by atoms with Crippen molar-refractivity contribution in [3.8, 4) is 28.7 Å². The molecule has 0 unspecified atom stereocenters. The number of carboxylic acid groups (broad SMARTS) is 1. The number of amides is 2. The maximum absolute atomic E-state index is 11.4. The van der Waals surface area contributed by atoms with Crippen LogP contribution in [0.15, 0.2) is 37.8 Å². The van der Waals surface area contributed by atoms with Crippen LogP contribution >= 0.6 is 0 Å². The molecule has 5 rings (SSSR count). The number of nitrogens with two attached hydrogens (primary N) is 1. The first-order valence-electron chi connectivity index (χ1n) is 15.4. The Morgan fingerprint density at radius 3 is 1.28 bits per heavy atom. The Bertz CT molecular complexity index is 2310. The highest BCUT2D eigenvalue weighted by Crippen LogP contribution is 2.26. The Kier molecular flexibility index (Phi) is 18.2. The van der Waals surface area contributed by atoms with Crippen molar-refractivity contribution in [2.24, 2.45) is 0 Å². The minimum Gasteiger partial charge on any atom is -0.504 e. The second-order valence-electron chi connectivity index (χ2n) is 10.8. The van der Waals surface area contributed by atoms with Crippen molar-refractivity contribution in [1.82, 2.24) is 59.6 Å². The number of carbonyl (C=O) groups is 3. The average molecular weight is 845 g/mol. The largest absolute Gasteiger partial charge is 0.504 e. The van der Waals surface area contributed by atoms with Crippen LogP contribution in [0.4, 0.5) is 23.3 Å². The van der Waals surface area contributed by atoms with Crippen LogP contribution in [0.1, 0.15) is 42.9 Å². The molecule has 5 heterocycles. The molecular weight excluding hydrogens is 812 g/mol. The van der Waals surface area contributed by atoms with E-state index in [9.17, 15) is 54.9 Å². The number of anilines is 1. The number of hydrogen-bond donors (Lipinski definition) is 7. The first-order valence-corrected chi connectivity index (χ1v) is 15.4. The number of aryl methyl sites for hydroxylation is 2. The normalized spacial score (nSPS) is 9.57. The van der Waals surface area contributed by atoms with E-state index in [1.54, 1.807) is 21.0 Å². The highest BCUT2D eigenvalue weighted by Gasteiger charge is 2.26. The average Bonchev–Trinajstić information content (AvgIpc) is 3.18. The van der Waals surface area contributed by atoms with Gasteiger partial charge in [-0.2, -0.15) is 0 Å². The third-order valence-electron chi connectivity index (χ3n) is 6.27. The Labute approximate surface area is 333 Å². The van der Waals surface area contributed by atoms with E-state index in [4.69, 9.17) is 26.2 Å². The number of nitrogens with zero attached hydrogens (tertiary/aromatic N) is 15. The highest BCUT2D eigenvalue weighted by molar-refractivity contribution is 5.96. The van der Waals surface area contributed by atoms with Crippen molar-refractivity contribution in [3.05, 3.63) is 96.6 Å². The van der Waals surface area contributed by atoms with Gasteiger partial charge >= 0.3 is 23.4 Å². The fraction of sp³-hybridized carbons (Fsp3) is 0.207. The van der Waals surface area contributed by atoms with Gasteiger partial charge in [0.15, 0.2) is 28.7 Å². The fourth-order valence-corrected chi connectivity index (χ4v) is 3.26.